The molecule has 1 aromatic carbocycles. The molecule has 1 aliphatic rings. The highest BCUT2D eigenvalue weighted by Crippen LogP contribution is 2.29. The molecule has 1 N–H and O–H groups in total. The molecule has 0 saturated heterocycles. The van der Waals surface area contributed by atoms with Crippen molar-refractivity contribution in [3.05, 3.63) is 58.1 Å². The minimum atomic E-state index is -0.384. The highest BCUT2D eigenvalue weighted by Gasteiger charge is 2.26. The minimum absolute atomic E-state index is 0.191. The smallest absolute Gasteiger partial charge is 0.337 e. The van der Waals surface area contributed by atoms with Gasteiger partial charge >= 0.3 is 5.97 Å². The van der Waals surface area contributed by atoms with E-state index in [0.717, 1.165) is 22.2 Å². The van der Waals surface area contributed by atoms with Crippen molar-refractivity contribution in [3.63, 3.8) is 0 Å². The molecule has 7 heteroatoms. The molecule has 3 aromatic rings. The number of rotatable bonds is 2. The maximum Gasteiger partial charge on any atom is 0.337 e. The molecular formula is C18H15ClN2O4. The Morgan fingerprint density at radius 1 is 1.28 bits per heavy atom. The standard InChI is InChI=1S/C18H15ClN2O4/c1-24-18(23)10-2-3-13-11(8-10)12-9-21(7-6-14(12)20-13)17(22)15-4-5-16(19)25-15/h2-5,8,20H,6-7,9H2,1H3. The van der Waals surface area contributed by atoms with E-state index in [1.165, 1.54) is 7.11 Å². The topological polar surface area (TPSA) is 75.5 Å². The van der Waals surface area contributed by atoms with Gasteiger partial charge in [0.05, 0.1) is 12.7 Å². The van der Waals surface area contributed by atoms with Gasteiger partial charge in [-0.05, 0) is 41.9 Å². The number of hydrogen-bond donors (Lipinski definition) is 1. The second-order valence-corrected chi connectivity index (χ2v) is 6.29. The maximum atomic E-state index is 12.6. The number of H-pyrrole nitrogens is 1. The van der Waals surface area contributed by atoms with Crippen molar-refractivity contribution in [2.24, 2.45) is 0 Å². The zero-order valence-electron chi connectivity index (χ0n) is 13.5. The van der Waals surface area contributed by atoms with Crippen LogP contribution >= 0.6 is 11.6 Å². The summed E-state index contributed by atoms with van der Waals surface area (Å²) in [7, 11) is 1.36. The Morgan fingerprint density at radius 3 is 2.84 bits per heavy atom. The fourth-order valence-electron chi connectivity index (χ4n) is 3.22. The Hall–Kier alpha value is -2.73. The lowest BCUT2D eigenvalue weighted by Gasteiger charge is -2.26. The number of furan rings is 1. The third-order valence-electron chi connectivity index (χ3n) is 4.47. The minimum Gasteiger partial charge on any atom is -0.465 e. The fourth-order valence-corrected chi connectivity index (χ4v) is 3.36. The zero-order valence-corrected chi connectivity index (χ0v) is 14.2. The highest BCUT2D eigenvalue weighted by atomic mass is 35.5. The van der Waals surface area contributed by atoms with Crippen molar-refractivity contribution in [2.45, 2.75) is 13.0 Å². The fraction of sp³-hybridized carbons (Fsp3) is 0.222. The van der Waals surface area contributed by atoms with Crippen LogP contribution in [0.4, 0.5) is 0 Å². The Bertz CT molecular complexity index is 988. The molecule has 3 heterocycles. The first-order valence-electron chi connectivity index (χ1n) is 7.83. The molecule has 128 valence electrons. The molecule has 0 bridgehead atoms. The molecule has 1 aliphatic heterocycles. The van der Waals surface area contributed by atoms with E-state index in [1.807, 2.05) is 6.07 Å². The van der Waals surface area contributed by atoms with Crippen LogP contribution in [-0.2, 0) is 17.7 Å². The summed E-state index contributed by atoms with van der Waals surface area (Å²) in [4.78, 5) is 29.5. The molecule has 4 rings (SSSR count). The SMILES string of the molecule is COC(=O)c1ccc2[nH]c3c(c2c1)CN(C(=O)c1ccc(Cl)o1)CC3. The molecular weight excluding hydrogens is 344 g/mol. The first kappa shape index (κ1) is 15.8. The number of amides is 1. The number of hydrogen-bond acceptors (Lipinski definition) is 4. The summed E-state index contributed by atoms with van der Waals surface area (Å²) in [5, 5.41) is 1.11. The van der Waals surface area contributed by atoms with Crippen molar-refractivity contribution < 1.29 is 18.7 Å². The Balaban J connectivity index is 1.69. The summed E-state index contributed by atoms with van der Waals surface area (Å²) in [6, 6.07) is 8.51. The van der Waals surface area contributed by atoms with Crippen LogP contribution in [0.1, 0.15) is 32.2 Å². The van der Waals surface area contributed by atoms with Gasteiger partial charge in [0.15, 0.2) is 11.0 Å². The number of aromatic amines is 1. The normalized spacial score (nSPS) is 13.8. The summed E-state index contributed by atoms with van der Waals surface area (Å²) in [6.07, 6.45) is 0.706. The highest BCUT2D eigenvalue weighted by molar-refractivity contribution is 6.29. The van der Waals surface area contributed by atoms with Crippen LogP contribution in [0.3, 0.4) is 0 Å². The number of carbonyl (C=O) groups is 2. The van der Waals surface area contributed by atoms with Gasteiger partial charge in [-0.25, -0.2) is 4.79 Å². The molecule has 0 aliphatic carbocycles. The molecule has 0 radical (unpaired) electrons. The number of nitrogens with zero attached hydrogens (tertiary/aromatic N) is 1. The molecule has 0 atom stereocenters. The van der Waals surface area contributed by atoms with Gasteiger partial charge in [-0.3, -0.25) is 4.79 Å². The maximum absolute atomic E-state index is 12.6. The van der Waals surface area contributed by atoms with E-state index in [0.29, 0.717) is 25.1 Å². The molecule has 2 aromatic heterocycles. The number of ether oxygens (including phenoxy) is 1. The third kappa shape index (κ3) is 2.68. The van der Waals surface area contributed by atoms with Gasteiger partial charge in [0.25, 0.3) is 5.91 Å². The number of methoxy groups -OCH3 is 1. The summed E-state index contributed by atoms with van der Waals surface area (Å²) in [5.41, 5.74) is 3.52. The van der Waals surface area contributed by atoms with Crippen LogP contribution < -0.4 is 0 Å². The van der Waals surface area contributed by atoms with E-state index in [9.17, 15) is 9.59 Å². The van der Waals surface area contributed by atoms with Crippen LogP contribution in [0.15, 0.2) is 34.7 Å². The van der Waals surface area contributed by atoms with Crippen LogP contribution in [0.25, 0.3) is 10.9 Å². The lowest BCUT2D eigenvalue weighted by atomic mass is 10.0. The molecule has 0 spiro atoms. The Morgan fingerprint density at radius 2 is 2.12 bits per heavy atom. The lowest BCUT2D eigenvalue weighted by Crippen LogP contribution is -2.35. The van der Waals surface area contributed by atoms with E-state index >= 15 is 0 Å². The van der Waals surface area contributed by atoms with Crippen molar-refractivity contribution in [3.8, 4) is 0 Å². The average Bonchev–Trinajstić information content (AvgIpc) is 3.22. The lowest BCUT2D eigenvalue weighted by molar-refractivity contribution is 0.0600. The second-order valence-electron chi connectivity index (χ2n) is 5.91. The number of halogens is 1. The summed E-state index contributed by atoms with van der Waals surface area (Å²) in [6.45, 7) is 1.03. The van der Waals surface area contributed by atoms with Crippen molar-refractivity contribution in [1.29, 1.82) is 0 Å². The molecule has 0 fully saturated rings. The van der Waals surface area contributed by atoms with Crippen LogP contribution in [0.5, 0.6) is 0 Å². The van der Waals surface area contributed by atoms with Crippen molar-refractivity contribution in [1.82, 2.24) is 9.88 Å². The van der Waals surface area contributed by atoms with Crippen molar-refractivity contribution >= 4 is 34.4 Å². The van der Waals surface area contributed by atoms with Gasteiger partial charge in [-0.1, -0.05) is 0 Å². The number of nitrogens with one attached hydrogen (secondary N) is 1. The van der Waals surface area contributed by atoms with E-state index in [1.54, 1.807) is 29.2 Å². The van der Waals surface area contributed by atoms with E-state index in [2.05, 4.69) is 4.98 Å². The summed E-state index contributed by atoms with van der Waals surface area (Å²) < 4.78 is 10.0. The van der Waals surface area contributed by atoms with Crippen molar-refractivity contribution in [2.75, 3.05) is 13.7 Å². The van der Waals surface area contributed by atoms with E-state index in [4.69, 9.17) is 20.8 Å². The number of benzene rings is 1. The van der Waals surface area contributed by atoms with Crippen LogP contribution in [0.2, 0.25) is 5.22 Å². The van der Waals surface area contributed by atoms with Gasteiger partial charge in [0, 0.05) is 41.7 Å². The monoisotopic (exact) mass is 358 g/mol. The predicted octanol–water partition coefficient (Wildman–Crippen LogP) is 3.40. The quantitative estimate of drug-likeness (QED) is 0.712. The largest absolute Gasteiger partial charge is 0.465 e. The Labute approximate surface area is 148 Å². The first-order chi connectivity index (χ1) is 12.1. The predicted molar refractivity (Wildman–Crippen MR) is 91.8 cm³/mol. The molecule has 0 saturated carbocycles. The van der Waals surface area contributed by atoms with E-state index < -0.39 is 0 Å². The summed E-state index contributed by atoms with van der Waals surface area (Å²) >= 11 is 5.76. The third-order valence-corrected chi connectivity index (χ3v) is 4.67. The van der Waals surface area contributed by atoms with Gasteiger partial charge in [-0.15, -0.1) is 0 Å². The molecule has 25 heavy (non-hydrogen) atoms. The summed E-state index contributed by atoms with van der Waals surface area (Å²) in [5.74, 6) is -0.356. The second kappa shape index (κ2) is 5.97. The Kier molecular flexibility index (Phi) is 3.77. The molecule has 1 amide bonds. The molecule has 6 nitrogen and oxygen atoms in total. The molecule has 0 unspecified atom stereocenters. The first-order valence-corrected chi connectivity index (χ1v) is 8.21. The van der Waals surface area contributed by atoms with Gasteiger partial charge in [-0.2, -0.15) is 0 Å². The number of esters is 1. The van der Waals surface area contributed by atoms with Crippen LogP contribution in [0, 0.1) is 0 Å². The zero-order chi connectivity index (χ0) is 17.6. The number of aromatic nitrogens is 1. The number of fused-ring (bicyclic) bond motifs is 3. The van der Waals surface area contributed by atoms with Gasteiger partial charge in [0.1, 0.15) is 0 Å². The van der Waals surface area contributed by atoms with Gasteiger partial charge < -0.3 is 19.0 Å². The average molecular weight is 359 g/mol. The van der Waals surface area contributed by atoms with Gasteiger partial charge in [0.2, 0.25) is 0 Å². The van der Waals surface area contributed by atoms with Crippen LogP contribution in [-0.4, -0.2) is 35.4 Å². The number of carbonyl (C=O) groups excluding carboxylic acids is 2. The van der Waals surface area contributed by atoms with E-state index in [-0.39, 0.29) is 22.9 Å².